The van der Waals surface area contributed by atoms with Crippen molar-refractivity contribution in [3.63, 3.8) is 0 Å². The summed E-state index contributed by atoms with van der Waals surface area (Å²) in [5.41, 5.74) is 0.453. The zero-order chi connectivity index (χ0) is 11.4. The van der Waals surface area contributed by atoms with Crippen molar-refractivity contribution in [1.82, 2.24) is 0 Å². The molecule has 0 spiro atoms. The predicted octanol–water partition coefficient (Wildman–Crippen LogP) is -0.0328. The van der Waals surface area contributed by atoms with Crippen LogP contribution in [0.1, 0.15) is 5.56 Å². The van der Waals surface area contributed by atoms with Gasteiger partial charge in [-0.1, -0.05) is 0 Å². The molecule has 0 aromatic heterocycles. The first-order chi connectivity index (χ1) is 7.74. The maximum Gasteiger partial charge on any atom is 2.00 e. The minimum absolute atomic E-state index is 0. The Morgan fingerprint density at radius 2 is 1.72 bits per heavy atom. The molecular weight excluding hydrogens is 314 g/mol. The van der Waals surface area contributed by atoms with Crippen LogP contribution in [0, 0.1) is 17.7 Å². The van der Waals surface area contributed by atoms with E-state index in [9.17, 15) is 8.78 Å². The van der Waals surface area contributed by atoms with Crippen molar-refractivity contribution < 1.29 is 30.5 Å². The second-order valence-corrected chi connectivity index (χ2v) is 3.29. The molecule has 0 amide bonds. The summed E-state index contributed by atoms with van der Waals surface area (Å²) in [6.07, 6.45) is 0. The molecule has 2 aromatic carbocycles. The van der Waals surface area contributed by atoms with Gasteiger partial charge in [0.15, 0.2) is 0 Å². The van der Waals surface area contributed by atoms with Gasteiger partial charge in [-0.15, -0.1) is 12.1 Å². The smallest absolute Gasteiger partial charge is 1.00 e. The first-order valence-electron chi connectivity index (χ1n) is 4.78. The summed E-state index contributed by atoms with van der Waals surface area (Å²) in [6, 6.07) is 13.2. The average Bonchev–Trinajstić information content (AvgIpc) is 2.27. The average molecular weight is 323 g/mol. The van der Waals surface area contributed by atoms with Crippen molar-refractivity contribution in [3.8, 4) is 5.75 Å². The Morgan fingerprint density at radius 3 is 2.28 bits per heavy atom. The van der Waals surface area contributed by atoms with Crippen molar-refractivity contribution in [3.05, 3.63) is 65.7 Å². The molecular formula is C13H9BrF2MgO. The van der Waals surface area contributed by atoms with Crippen LogP contribution in [0.2, 0.25) is 0 Å². The van der Waals surface area contributed by atoms with Crippen LogP contribution in [0.3, 0.4) is 0 Å². The third-order valence-corrected chi connectivity index (χ3v) is 2.00. The summed E-state index contributed by atoms with van der Waals surface area (Å²) in [4.78, 5) is 0. The summed E-state index contributed by atoms with van der Waals surface area (Å²) in [5, 5.41) is 0. The Labute approximate surface area is 131 Å². The largest absolute Gasteiger partial charge is 2.00 e. The number of ether oxygens (including phenoxy) is 1. The number of para-hydroxylation sites is 1. The van der Waals surface area contributed by atoms with Crippen LogP contribution in [0.15, 0.2) is 42.5 Å². The molecule has 0 bridgehead atoms. The van der Waals surface area contributed by atoms with Gasteiger partial charge in [-0.2, -0.15) is 18.2 Å². The maximum absolute atomic E-state index is 12.9. The Bertz CT molecular complexity index is 459. The first-order valence-corrected chi connectivity index (χ1v) is 4.78. The van der Waals surface area contributed by atoms with Gasteiger partial charge >= 0.3 is 23.1 Å². The van der Waals surface area contributed by atoms with E-state index < -0.39 is 11.6 Å². The molecule has 0 aliphatic rings. The van der Waals surface area contributed by atoms with E-state index >= 15 is 0 Å². The third kappa shape index (κ3) is 5.33. The van der Waals surface area contributed by atoms with Crippen LogP contribution in [0.25, 0.3) is 0 Å². The van der Waals surface area contributed by atoms with E-state index in [1.54, 1.807) is 18.2 Å². The van der Waals surface area contributed by atoms with Crippen molar-refractivity contribution in [2.75, 3.05) is 0 Å². The van der Waals surface area contributed by atoms with Gasteiger partial charge < -0.3 is 21.7 Å². The quantitative estimate of drug-likeness (QED) is 0.569. The summed E-state index contributed by atoms with van der Waals surface area (Å²) in [6.45, 7) is 0.120. The topological polar surface area (TPSA) is 9.23 Å². The minimum atomic E-state index is -0.601. The fourth-order valence-electron chi connectivity index (χ4n) is 1.32. The number of hydrogen-bond acceptors (Lipinski definition) is 1. The van der Waals surface area contributed by atoms with Crippen LogP contribution in [-0.2, 0) is 6.61 Å². The minimum Gasteiger partial charge on any atom is -1.00 e. The van der Waals surface area contributed by atoms with Gasteiger partial charge in [-0.25, -0.2) is 8.78 Å². The van der Waals surface area contributed by atoms with E-state index in [2.05, 4.69) is 6.07 Å². The van der Waals surface area contributed by atoms with Crippen molar-refractivity contribution in [2.24, 2.45) is 0 Å². The van der Waals surface area contributed by atoms with Crippen molar-refractivity contribution in [1.29, 1.82) is 0 Å². The maximum atomic E-state index is 12.9. The van der Waals surface area contributed by atoms with Crippen LogP contribution in [0.5, 0.6) is 5.75 Å². The van der Waals surface area contributed by atoms with Gasteiger partial charge in [-0.05, 0) is 17.7 Å². The van der Waals surface area contributed by atoms with Gasteiger partial charge in [0, 0.05) is 11.8 Å². The molecule has 5 heteroatoms. The molecule has 18 heavy (non-hydrogen) atoms. The molecule has 0 aliphatic carbocycles. The number of hydrogen-bond donors (Lipinski definition) is 0. The molecule has 0 N–H and O–H groups in total. The van der Waals surface area contributed by atoms with Crippen molar-refractivity contribution >= 4 is 23.1 Å². The molecule has 0 aliphatic heterocycles. The molecule has 1 nitrogen and oxygen atoms in total. The van der Waals surface area contributed by atoms with Crippen LogP contribution in [0.4, 0.5) is 8.78 Å². The number of benzene rings is 2. The molecule has 0 atom stereocenters. The zero-order valence-electron chi connectivity index (χ0n) is 9.50. The van der Waals surface area contributed by atoms with Gasteiger partial charge in [0.1, 0.15) is 18.2 Å². The van der Waals surface area contributed by atoms with E-state index in [1.165, 1.54) is 12.1 Å². The van der Waals surface area contributed by atoms with E-state index in [0.717, 1.165) is 6.07 Å². The fraction of sp³-hybridized carbons (Fsp3) is 0.0769. The Hall–Kier alpha value is -0.654. The van der Waals surface area contributed by atoms with Gasteiger partial charge in [0.2, 0.25) is 0 Å². The molecule has 0 unspecified atom stereocenters. The number of rotatable bonds is 3. The normalized spacial score (nSPS) is 9.00. The molecule has 0 saturated carbocycles. The second-order valence-electron chi connectivity index (χ2n) is 3.29. The van der Waals surface area contributed by atoms with Crippen LogP contribution < -0.4 is 21.7 Å². The van der Waals surface area contributed by atoms with Gasteiger partial charge in [-0.3, -0.25) is 0 Å². The summed E-state index contributed by atoms with van der Waals surface area (Å²) < 4.78 is 31.0. The van der Waals surface area contributed by atoms with Crippen LogP contribution >= 0.6 is 0 Å². The zero-order valence-corrected chi connectivity index (χ0v) is 12.5. The fourth-order valence-corrected chi connectivity index (χ4v) is 1.32. The first kappa shape index (κ1) is 17.3. The van der Waals surface area contributed by atoms with Gasteiger partial charge in [0.25, 0.3) is 0 Å². The number of halogens is 3. The summed E-state index contributed by atoms with van der Waals surface area (Å²) >= 11 is 0. The summed E-state index contributed by atoms with van der Waals surface area (Å²) in [5.74, 6) is -0.654. The second kappa shape index (κ2) is 8.45. The third-order valence-electron chi connectivity index (χ3n) is 2.00. The molecule has 90 valence electrons. The Morgan fingerprint density at radius 1 is 1.06 bits per heavy atom. The Balaban J connectivity index is 0.00000144. The van der Waals surface area contributed by atoms with Crippen LogP contribution in [-0.4, -0.2) is 23.1 Å². The van der Waals surface area contributed by atoms with E-state index in [0.29, 0.717) is 11.3 Å². The molecule has 0 radical (unpaired) electrons. The van der Waals surface area contributed by atoms with E-state index in [4.69, 9.17) is 4.74 Å². The van der Waals surface area contributed by atoms with Crippen molar-refractivity contribution in [2.45, 2.75) is 6.61 Å². The van der Waals surface area contributed by atoms with E-state index in [-0.39, 0.29) is 46.6 Å². The van der Waals surface area contributed by atoms with Gasteiger partial charge in [0.05, 0.1) is 0 Å². The monoisotopic (exact) mass is 322 g/mol. The predicted molar refractivity (Wildman–Crippen MR) is 61.7 cm³/mol. The molecule has 0 heterocycles. The SMILES string of the molecule is Fc1cc(F)cc(COc2[c-]cccc2)c1.[Br-].[Mg+2]. The standard InChI is InChI=1S/C13H9F2O.BrH.Mg/c14-11-6-10(7-12(15)8-11)9-16-13-4-2-1-3-5-13;;/h1-4,6-8H,9H2;1H;/q-1;;+2/p-1. The molecule has 0 fully saturated rings. The van der Waals surface area contributed by atoms with E-state index in [1.807, 2.05) is 6.07 Å². The summed E-state index contributed by atoms with van der Waals surface area (Å²) in [7, 11) is 0. The molecule has 0 saturated heterocycles. The Kier molecular flexibility index (Phi) is 8.14. The molecule has 2 aromatic rings. The molecule has 2 rings (SSSR count).